The third kappa shape index (κ3) is 4.07. The summed E-state index contributed by atoms with van der Waals surface area (Å²) >= 11 is 0. The number of carbonyl (C=O) groups excluding carboxylic acids is 1. The van der Waals surface area contributed by atoms with Crippen molar-refractivity contribution in [2.75, 3.05) is 0 Å². The van der Waals surface area contributed by atoms with Crippen molar-refractivity contribution in [1.82, 2.24) is 15.1 Å². The minimum absolute atomic E-state index is 0.00324. The molecule has 0 aliphatic heterocycles. The summed E-state index contributed by atoms with van der Waals surface area (Å²) < 4.78 is 1.86. The molecule has 2 atom stereocenters. The fraction of sp³-hybridized carbons (Fsp3) is 0.733. The van der Waals surface area contributed by atoms with E-state index in [1.165, 1.54) is 0 Å². The van der Waals surface area contributed by atoms with Gasteiger partial charge in [0, 0.05) is 18.7 Å². The summed E-state index contributed by atoms with van der Waals surface area (Å²) in [5.41, 5.74) is 2.05. The van der Waals surface area contributed by atoms with E-state index in [4.69, 9.17) is 0 Å². The van der Waals surface area contributed by atoms with Gasteiger partial charge in [0.25, 0.3) is 0 Å². The van der Waals surface area contributed by atoms with Crippen LogP contribution in [0.2, 0.25) is 0 Å². The van der Waals surface area contributed by atoms with Gasteiger partial charge >= 0.3 is 0 Å². The van der Waals surface area contributed by atoms with Crippen molar-refractivity contribution in [1.29, 1.82) is 0 Å². The summed E-state index contributed by atoms with van der Waals surface area (Å²) in [6.45, 7) is 4.53. The predicted octanol–water partition coefficient (Wildman–Crippen LogP) is 1.70. The molecule has 0 bridgehead atoms. The van der Waals surface area contributed by atoms with Crippen LogP contribution in [0.5, 0.6) is 0 Å². The first-order valence-electron chi connectivity index (χ1n) is 7.55. The molecule has 0 spiro atoms. The highest BCUT2D eigenvalue weighted by Gasteiger charge is 2.22. The molecule has 5 heteroatoms. The van der Waals surface area contributed by atoms with Crippen LogP contribution < -0.4 is 5.32 Å². The Morgan fingerprint density at radius 1 is 1.40 bits per heavy atom. The van der Waals surface area contributed by atoms with E-state index in [1.54, 1.807) is 0 Å². The number of aromatic nitrogens is 2. The molecule has 1 amide bonds. The molecule has 2 N–H and O–H groups in total. The van der Waals surface area contributed by atoms with Crippen LogP contribution in [0.1, 0.15) is 49.9 Å². The van der Waals surface area contributed by atoms with Crippen LogP contribution in [-0.2, 0) is 11.3 Å². The van der Waals surface area contributed by atoms with Gasteiger partial charge in [-0.25, -0.2) is 0 Å². The molecule has 1 aromatic rings. The zero-order chi connectivity index (χ0) is 14.5. The van der Waals surface area contributed by atoms with Gasteiger partial charge in [0.2, 0.25) is 5.91 Å². The Bertz CT molecular complexity index is 456. The molecule has 0 radical (unpaired) electrons. The molecule has 0 aromatic carbocycles. The Hall–Kier alpha value is -1.36. The maximum Gasteiger partial charge on any atom is 0.222 e. The van der Waals surface area contributed by atoms with Crippen LogP contribution in [0.25, 0.3) is 0 Å². The number of carbonyl (C=O) groups is 1. The lowest BCUT2D eigenvalue weighted by atomic mass is 10.1. The van der Waals surface area contributed by atoms with Gasteiger partial charge in [0.1, 0.15) is 0 Å². The van der Waals surface area contributed by atoms with Gasteiger partial charge in [0.05, 0.1) is 17.8 Å². The van der Waals surface area contributed by atoms with Crippen LogP contribution in [0, 0.1) is 13.8 Å². The normalized spacial score (nSPS) is 23.4. The first kappa shape index (κ1) is 15.0. The highest BCUT2D eigenvalue weighted by Crippen LogP contribution is 2.18. The Kier molecular flexibility index (Phi) is 5.17. The second-order valence-corrected chi connectivity index (χ2v) is 5.78. The number of hydrogen-bond donors (Lipinski definition) is 2. The SMILES string of the molecule is Cc1cc(C)n(CCC(=O)NC2CCCCCC2O)n1. The number of nitrogens with zero attached hydrogens (tertiary/aromatic N) is 2. The number of hydrogen-bond acceptors (Lipinski definition) is 3. The maximum atomic E-state index is 12.0. The van der Waals surface area contributed by atoms with Crippen molar-refractivity contribution in [3.8, 4) is 0 Å². The van der Waals surface area contributed by atoms with Gasteiger partial charge < -0.3 is 10.4 Å². The van der Waals surface area contributed by atoms with Crippen molar-refractivity contribution in [2.24, 2.45) is 0 Å². The molecule has 1 aliphatic rings. The number of amides is 1. The summed E-state index contributed by atoms with van der Waals surface area (Å²) in [6.07, 6.45) is 4.98. The zero-order valence-electron chi connectivity index (χ0n) is 12.4. The highest BCUT2D eigenvalue weighted by molar-refractivity contribution is 5.76. The Morgan fingerprint density at radius 3 is 2.85 bits per heavy atom. The van der Waals surface area contributed by atoms with E-state index >= 15 is 0 Å². The molecule has 20 heavy (non-hydrogen) atoms. The molecule has 1 saturated carbocycles. The topological polar surface area (TPSA) is 67.2 Å². The van der Waals surface area contributed by atoms with Crippen molar-refractivity contribution >= 4 is 5.91 Å². The maximum absolute atomic E-state index is 12.0. The van der Waals surface area contributed by atoms with Gasteiger partial charge in [-0.15, -0.1) is 0 Å². The van der Waals surface area contributed by atoms with Gasteiger partial charge in [0.15, 0.2) is 0 Å². The fourth-order valence-electron chi connectivity index (χ4n) is 2.84. The third-order valence-electron chi connectivity index (χ3n) is 3.98. The standard InChI is InChI=1S/C15H25N3O2/c1-11-10-12(2)18(17-11)9-8-15(20)16-13-6-4-3-5-7-14(13)19/h10,13-14,19H,3-9H2,1-2H3,(H,16,20). The first-order chi connectivity index (χ1) is 9.56. The van der Waals surface area contributed by atoms with Crippen LogP contribution in [0.15, 0.2) is 6.07 Å². The van der Waals surface area contributed by atoms with Gasteiger partial charge in [-0.05, 0) is 32.8 Å². The van der Waals surface area contributed by atoms with Gasteiger partial charge in [-0.3, -0.25) is 9.48 Å². The van der Waals surface area contributed by atoms with E-state index in [0.29, 0.717) is 13.0 Å². The van der Waals surface area contributed by atoms with E-state index < -0.39 is 6.10 Å². The van der Waals surface area contributed by atoms with Crippen LogP contribution >= 0.6 is 0 Å². The molecule has 1 aliphatic carbocycles. The Morgan fingerprint density at radius 2 is 2.15 bits per heavy atom. The molecule has 0 saturated heterocycles. The fourth-order valence-corrected chi connectivity index (χ4v) is 2.84. The average Bonchev–Trinajstić information content (AvgIpc) is 2.58. The molecule has 1 aromatic heterocycles. The molecule has 2 rings (SSSR count). The molecular weight excluding hydrogens is 254 g/mol. The lowest BCUT2D eigenvalue weighted by Crippen LogP contribution is -2.42. The van der Waals surface area contributed by atoms with Gasteiger partial charge in [-0.1, -0.05) is 19.3 Å². The quantitative estimate of drug-likeness (QED) is 0.824. The minimum atomic E-state index is -0.393. The number of aliphatic hydroxyl groups excluding tert-OH is 1. The zero-order valence-corrected chi connectivity index (χ0v) is 12.4. The van der Waals surface area contributed by atoms with E-state index in [1.807, 2.05) is 24.6 Å². The lowest BCUT2D eigenvalue weighted by Gasteiger charge is -2.21. The second-order valence-electron chi connectivity index (χ2n) is 5.78. The first-order valence-corrected chi connectivity index (χ1v) is 7.55. The minimum Gasteiger partial charge on any atom is -0.391 e. The monoisotopic (exact) mass is 279 g/mol. The predicted molar refractivity (Wildman–Crippen MR) is 77.3 cm³/mol. The van der Waals surface area contributed by atoms with Crippen LogP contribution in [0.3, 0.4) is 0 Å². The smallest absolute Gasteiger partial charge is 0.222 e. The van der Waals surface area contributed by atoms with E-state index in [9.17, 15) is 9.90 Å². The molecule has 5 nitrogen and oxygen atoms in total. The summed E-state index contributed by atoms with van der Waals surface area (Å²) in [6, 6.07) is 1.93. The van der Waals surface area contributed by atoms with E-state index in [2.05, 4.69) is 10.4 Å². The summed E-state index contributed by atoms with van der Waals surface area (Å²) in [7, 11) is 0. The molecule has 112 valence electrons. The average molecular weight is 279 g/mol. The number of aryl methyl sites for hydroxylation is 3. The van der Waals surface area contributed by atoms with Crippen LogP contribution in [-0.4, -0.2) is 32.9 Å². The van der Waals surface area contributed by atoms with Crippen molar-refractivity contribution in [3.63, 3.8) is 0 Å². The highest BCUT2D eigenvalue weighted by atomic mass is 16.3. The lowest BCUT2D eigenvalue weighted by molar-refractivity contribution is -0.123. The third-order valence-corrected chi connectivity index (χ3v) is 3.98. The number of aliphatic hydroxyl groups is 1. The van der Waals surface area contributed by atoms with Crippen molar-refractivity contribution in [2.45, 2.75) is 71.1 Å². The van der Waals surface area contributed by atoms with E-state index in [-0.39, 0.29) is 11.9 Å². The molecule has 1 fully saturated rings. The summed E-state index contributed by atoms with van der Waals surface area (Å²) in [5.74, 6) is 0.00324. The van der Waals surface area contributed by atoms with E-state index in [0.717, 1.165) is 43.5 Å². The number of rotatable bonds is 4. The summed E-state index contributed by atoms with van der Waals surface area (Å²) in [4.78, 5) is 12.0. The molecular formula is C15H25N3O2. The Balaban J connectivity index is 1.81. The second kappa shape index (κ2) is 6.88. The van der Waals surface area contributed by atoms with Gasteiger partial charge in [-0.2, -0.15) is 5.10 Å². The summed E-state index contributed by atoms with van der Waals surface area (Å²) in [5, 5.41) is 17.3. The number of nitrogens with one attached hydrogen (secondary N) is 1. The van der Waals surface area contributed by atoms with Crippen molar-refractivity contribution < 1.29 is 9.90 Å². The van der Waals surface area contributed by atoms with Crippen LogP contribution in [0.4, 0.5) is 0 Å². The molecule has 1 heterocycles. The molecule has 2 unspecified atom stereocenters. The Labute approximate surface area is 120 Å². The largest absolute Gasteiger partial charge is 0.391 e. The van der Waals surface area contributed by atoms with Crippen molar-refractivity contribution in [3.05, 3.63) is 17.5 Å².